The summed E-state index contributed by atoms with van der Waals surface area (Å²) in [6.07, 6.45) is 1.49. The van der Waals surface area contributed by atoms with E-state index in [9.17, 15) is 10.2 Å². The third kappa shape index (κ3) is 2.01. The first-order chi connectivity index (χ1) is 7.93. The molecule has 1 unspecified atom stereocenters. The van der Waals surface area contributed by atoms with Crippen molar-refractivity contribution in [3.8, 4) is 5.75 Å². The Morgan fingerprint density at radius 3 is 2.35 bits per heavy atom. The summed E-state index contributed by atoms with van der Waals surface area (Å²) in [5.74, 6) is 0.153. The van der Waals surface area contributed by atoms with Crippen molar-refractivity contribution in [1.29, 1.82) is 0 Å². The molecule has 0 radical (unpaired) electrons. The van der Waals surface area contributed by atoms with Crippen molar-refractivity contribution in [3.05, 3.63) is 46.7 Å². The Labute approximate surface area is 104 Å². The predicted molar refractivity (Wildman–Crippen MR) is 65.0 cm³/mol. The highest BCUT2D eigenvalue weighted by molar-refractivity contribution is 6.31. The lowest BCUT2D eigenvalue weighted by Crippen LogP contribution is -2.26. The van der Waals surface area contributed by atoms with E-state index < -0.39 is 5.60 Å². The second-order valence-corrected chi connectivity index (χ2v) is 4.49. The van der Waals surface area contributed by atoms with E-state index in [2.05, 4.69) is 5.10 Å². The van der Waals surface area contributed by atoms with Gasteiger partial charge in [-0.1, -0.05) is 23.7 Å². The number of hydrogen-bond donors (Lipinski definition) is 2. The zero-order valence-electron chi connectivity index (χ0n) is 9.55. The topological polar surface area (TPSA) is 58.3 Å². The summed E-state index contributed by atoms with van der Waals surface area (Å²) in [6.45, 7) is 1.64. The number of aromatic nitrogens is 2. The molecule has 0 aliphatic heterocycles. The van der Waals surface area contributed by atoms with Crippen molar-refractivity contribution in [2.24, 2.45) is 7.05 Å². The molecule has 4 nitrogen and oxygen atoms in total. The second-order valence-electron chi connectivity index (χ2n) is 4.08. The standard InChI is InChI=1S/C12H13ClN2O2/c1-12(17,8-3-5-9(16)6-4-8)11-10(13)7-14-15(11)2/h3-7,16-17H,1-2H3. The highest BCUT2D eigenvalue weighted by Gasteiger charge is 2.31. The number of aryl methyl sites for hydroxylation is 1. The van der Waals surface area contributed by atoms with Crippen LogP contribution >= 0.6 is 11.6 Å². The Hall–Kier alpha value is -1.52. The van der Waals surface area contributed by atoms with Gasteiger partial charge in [0.2, 0.25) is 0 Å². The van der Waals surface area contributed by atoms with Gasteiger partial charge in [-0.2, -0.15) is 5.10 Å². The lowest BCUT2D eigenvalue weighted by atomic mass is 9.92. The highest BCUT2D eigenvalue weighted by Crippen LogP contribution is 2.33. The maximum Gasteiger partial charge on any atom is 0.130 e. The van der Waals surface area contributed by atoms with E-state index in [1.807, 2.05) is 0 Å². The average Bonchev–Trinajstić information content (AvgIpc) is 2.59. The fourth-order valence-electron chi connectivity index (χ4n) is 1.88. The van der Waals surface area contributed by atoms with Crippen LogP contribution in [0.2, 0.25) is 5.02 Å². The van der Waals surface area contributed by atoms with Crippen LogP contribution in [0.3, 0.4) is 0 Å². The quantitative estimate of drug-likeness (QED) is 0.860. The van der Waals surface area contributed by atoms with E-state index in [0.717, 1.165) is 0 Å². The first-order valence-electron chi connectivity index (χ1n) is 5.13. The van der Waals surface area contributed by atoms with Crippen molar-refractivity contribution in [2.75, 3.05) is 0 Å². The minimum Gasteiger partial charge on any atom is -0.508 e. The molecule has 2 aromatic rings. The number of rotatable bonds is 2. The Bertz CT molecular complexity index is 512. The van der Waals surface area contributed by atoms with Gasteiger partial charge in [-0.05, 0) is 24.6 Å². The van der Waals surface area contributed by atoms with Crippen molar-refractivity contribution in [1.82, 2.24) is 9.78 Å². The van der Waals surface area contributed by atoms with E-state index in [-0.39, 0.29) is 5.75 Å². The molecular weight excluding hydrogens is 240 g/mol. The molecule has 0 fully saturated rings. The summed E-state index contributed by atoms with van der Waals surface area (Å²) in [5.41, 5.74) is -0.0959. The molecule has 5 heteroatoms. The van der Waals surface area contributed by atoms with Gasteiger partial charge in [0.15, 0.2) is 0 Å². The largest absolute Gasteiger partial charge is 0.508 e. The molecular formula is C12H13ClN2O2. The molecule has 0 saturated heterocycles. The van der Waals surface area contributed by atoms with Gasteiger partial charge in [-0.3, -0.25) is 4.68 Å². The molecule has 0 saturated carbocycles. The number of halogens is 1. The van der Waals surface area contributed by atoms with Crippen LogP contribution in [0.1, 0.15) is 18.2 Å². The molecule has 0 aliphatic carbocycles. The zero-order valence-corrected chi connectivity index (χ0v) is 10.3. The number of phenols is 1. The summed E-state index contributed by atoms with van der Waals surface area (Å²) in [6, 6.07) is 6.35. The van der Waals surface area contributed by atoms with Crippen LogP contribution in [0, 0.1) is 0 Å². The van der Waals surface area contributed by atoms with Gasteiger partial charge in [-0.25, -0.2) is 0 Å². The second kappa shape index (κ2) is 4.05. The van der Waals surface area contributed by atoms with Gasteiger partial charge in [0, 0.05) is 7.05 Å². The van der Waals surface area contributed by atoms with Crippen LogP contribution < -0.4 is 0 Å². The Balaban J connectivity index is 2.53. The van der Waals surface area contributed by atoms with E-state index >= 15 is 0 Å². The smallest absolute Gasteiger partial charge is 0.130 e. The first kappa shape index (κ1) is 12.0. The molecule has 0 spiro atoms. The third-order valence-corrected chi connectivity index (χ3v) is 3.06. The molecule has 0 aliphatic rings. The van der Waals surface area contributed by atoms with Gasteiger partial charge in [0.05, 0.1) is 16.9 Å². The summed E-state index contributed by atoms with van der Waals surface area (Å²) in [5, 5.41) is 24.2. The van der Waals surface area contributed by atoms with E-state index in [4.69, 9.17) is 11.6 Å². The molecule has 2 N–H and O–H groups in total. The normalized spacial score (nSPS) is 14.6. The maximum atomic E-state index is 10.6. The van der Waals surface area contributed by atoms with Gasteiger partial charge < -0.3 is 10.2 Å². The summed E-state index contributed by atoms with van der Waals surface area (Å²) in [7, 11) is 1.72. The maximum absolute atomic E-state index is 10.6. The lowest BCUT2D eigenvalue weighted by molar-refractivity contribution is 0.0930. The number of hydrogen-bond acceptors (Lipinski definition) is 3. The zero-order chi connectivity index (χ0) is 12.6. The van der Waals surface area contributed by atoms with Crippen molar-refractivity contribution in [3.63, 3.8) is 0 Å². The average molecular weight is 253 g/mol. The molecule has 90 valence electrons. The van der Waals surface area contributed by atoms with Crippen molar-refractivity contribution >= 4 is 11.6 Å². The molecule has 0 amide bonds. The summed E-state index contributed by atoms with van der Waals surface area (Å²) < 4.78 is 1.54. The molecule has 0 bridgehead atoms. The number of benzene rings is 1. The minimum absolute atomic E-state index is 0.153. The molecule has 1 atom stereocenters. The Morgan fingerprint density at radius 1 is 1.29 bits per heavy atom. The van der Waals surface area contributed by atoms with Crippen LogP contribution in [0.25, 0.3) is 0 Å². The molecule has 1 aromatic heterocycles. The predicted octanol–water partition coefficient (Wildman–Crippen LogP) is 2.03. The Morgan fingerprint density at radius 2 is 1.88 bits per heavy atom. The summed E-state index contributed by atoms with van der Waals surface area (Å²) in [4.78, 5) is 0. The van der Waals surface area contributed by atoms with E-state index in [0.29, 0.717) is 16.3 Å². The Kier molecular flexibility index (Phi) is 2.85. The first-order valence-corrected chi connectivity index (χ1v) is 5.50. The van der Waals surface area contributed by atoms with Crippen LogP contribution in [0.5, 0.6) is 5.75 Å². The van der Waals surface area contributed by atoms with Gasteiger partial charge in [-0.15, -0.1) is 0 Å². The van der Waals surface area contributed by atoms with Crippen LogP contribution in [0.15, 0.2) is 30.5 Å². The lowest BCUT2D eigenvalue weighted by Gasteiger charge is -2.24. The van der Waals surface area contributed by atoms with Crippen molar-refractivity contribution in [2.45, 2.75) is 12.5 Å². The fourth-order valence-corrected chi connectivity index (χ4v) is 2.23. The van der Waals surface area contributed by atoms with Crippen LogP contribution in [0.4, 0.5) is 0 Å². The molecule has 1 heterocycles. The van der Waals surface area contributed by atoms with Gasteiger partial charge >= 0.3 is 0 Å². The monoisotopic (exact) mass is 252 g/mol. The van der Waals surface area contributed by atoms with E-state index in [1.54, 1.807) is 26.1 Å². The number of nitrogens with zero attached hydrogens (tertiary/aromatic N) is 2. The third-order valence-electron chi connectivity index (χ3n) is 2.78. The number of aromatic hydroxyl groups is 1. The fraction of sp³-hybridized carbons (Fsp3) is 0.250. The van der Waals surface area contributed by atoms with Crippen LogP contribution in [-0.4, -0.2) is 20.0 Å². The van der Waals surface area contributed by atoms with Crippen LogP contribution in [-0.2, 0) is 12.6 Å². The number of phenolic OH excluding ortho intramolecular Hbond substituents is 1. The van der Waals surface area contributed by atoms with Gasteiger partial charge in [0.25, 0.3) is 0 Å². The van der Waals surface area contributed by atoms with Crippen molar-refractivity contribution < 1.29 is 10.2 Å². The van der Waals surface area contributed by atoms with E-state index in [1.165, 1.54) is 23.0 Å². The SMILES string of the molecule is Cn1ncc(Cl)c1C(C)(O)c1ccc(O)cc1. The highest BCUT2D eigenvalue weighted by atomic mass is 35.5. The minimum atomic E-state index is -1.25. The molecule has 2 rings (SSSR count). The molecule has 1 aromatic carbocycles. The molecule has 17 heavy (non-hydrogen) atoms. The number of aliphatic hydroxyl groups is 1. The van der Waals surface area contributed by atoms with Gasteiger partial charge in [0.1, 0.15) is 11.4 Å². The summed E-state index contributed by atoms with van der Waals surface area (Å²) >= 11 is 6.02.